The van der Waals surface area contributed by atoms with Crippen LogP contribution in [0, 0.1) is 5.82 Å². The van der Waals surface area contributed by atoms with E-state index in [1.165, 1.54) is 30.3 Å². The van der Waals surface area contributed by atoms with Crippen molar-refractivity contribution in [3.8, 4) is 5.88 Å². The number of aliphatic imine (C=N–C) groups is 1. The number of nitrogens with zero attached hydrogens (tertiary/aromatic N) is 2. The minimum absolute atomic E-state index is 0.0123. The van der Waals surface area contributed by atoms with E-state index in [1.54, 1.807) is 0 Å². The number of para-hydroxylation sites is 1. The van der Waals surface area contributed by atoms with Gasteiger partial charge in [-0.2, -0.15) is 0 Å². The predicted molar refractivity (Wildman–Crippen MR) is 106 cm³/mol. The molecule has 1 aliphatic rings. The van der Waals surface area contributed by atoms with Crippen molar-refractivity contribution in [2.75, 3.05) is 0 Å². The molecule has 0 saturated heterocycles. The van der Waals surface area contributed by atoms with Crippen LogP contribution in [0.2, 0.25) is 0 Å². The maximum absolute atomic E-state index is 13.1. The summed E-state index contributed by atoms with van der Waals surface area (Å²) < 4.78 is 14.1. The van der Waals surface area contributed by atoms with E-state index in [1.807, 2.05) is 31.2 Å². The Morgan fingerprint density at radius 3 is 2.61 bits per heavy atom. The standard InChI is InChI=1S/C21H16FN3O3/c1-12-16(15-4-2-3-5-18(15)23-12)10-17-19(26)24-21(28)25(20(17)27)11-13-6-8-14(22)9-7-13/h2-10,27H,11H2,1H3,(H,24,26,28)/b16-10-. The Morgan fingerprint density at radius 2 is 1.86 bits per heavy atom. The molecule has 4 rings (SSSR count). The number of nitrogens with one attached hydrogen (secondary N) is 1. The number of halogens is 1. The average Bonchev–Trinajstić information content (AvgIpc) is 2.99. The largest absolute Gasteiger partial charge is 0.494 e. The molecule has 0 amide bonds. The van der Waals surface area contributed by atoms with Crippen LogP contribution >= 0.6 is 0 Å². The second kappa shape index (κ2) is 6.77. The second-order valence-electron chi connectivity index (χ2n) is 6.48. The Kier molecular flexibility index (Phi) is 4.27. The van der Waals surface area contributed by atoms with Gasteiger partial charge in [-0.1, -0.05) is 30.3 Å². The summed E-state index contributed by atoms with van der Waals surface area (Å²) >= 11 is 0. The van der Waals surface area contributed by atoms with Crippen LogP contribution in [0.25, 0.3) is 11.6 Å². The fraction of sp³-hybridized carbons (Fsp3) is 0.0952. The van der Waals surface area contributed by atoms with Gasteiger partial charge in [0.1, 0.15) is 11.4 Å². The molecule has 0 bridgehead atoms. The predicted octanol–water partition coefficient (Wildman–Crippen LogP) is 3.08. The lowest BCUT2D eigenvalue weighted by molar-refractivity contribution is 0.408. The van der Waals surface area contributed by atoms with E-state index in [9.17, 15) is 19.1 Å². The molecule has 140 valence electrons. The number of aromatic nitrogens is 2. The summed E-state index contributed by atoms with van der Waals surface area (Å²) in [6.07, 6.45) is 1.53. The van der Waals surface area contributed by atoms with Crippen LogP contribution in [-0.4, -0.2) is 20.4 Å². The highest BCUT2D eigenvalue weighted by atomic mass is 19.1. The summed E-state index contributed by atoms with van der Waals surface area (Å²) in [5.74, 6) is -0.857. The van der Waals surface area contributed by atoms with Gasteiger partial charge >= 0.3 is 5.69 Å². The summed E-state index contributed by atoms with van der Waals surface area (Å²) in [6, 6.07) is 13.0. The summed E-state index contributed by atoms with van der Waals surface area (Å²) in [7, 11) is 0. The van der Waals surface area contributed by atoms with Crippen LogP contribution in [0.1, 0.15) is 23.6 Å². The van der Waals surface area contributed by atoms with Gasteiger partial charge in [0.25, 0.3) is 5.56 Å². The number of hydrogen-bond acceptors (Lipinski definition) is 4. The Balaban J connectivity index is 1.83. The molecule has 0 saturated carbocycles. The first-order valence-corrected chi connectivity index (χ1v) is 8.61. The topological polar surface area (TPSA) is 87.4 Å². The quantitative estimate of drug-likeness (QED) is 0.735. The minimum atomic E-state index is -0.744. The van der Waals surface area contributed by atoms with E-state index in [-0.39, 0.29) is 12.1 Å². The van der Waals surface area contributed by atoms with Crippen LogP contribution in [-0.2, 0) is 6.54 Å². The van der Waals surface area contributed by atoms with E-state index in [4.69, 9.17) is 0 Å². The second-order valence-corrected chi connectivity index (χ2v) is 6.48. The molecular weight excluding hydrogens is 361 g/mol. The monoisotopic (exact) mass is 377 g/mol. The number of fused-ring (bicyclic) bond motifs is 1. The molecule has 0 atom stereocenters. The molecule has 3 aromatic rings. The van der Waals surface area contributed by atoms with Crippen LogP contribution in [0.4, 0.5) is 10.1 Å². The third-order valence-electron chi connectivity index (χ3n) is 4.62. The van der Waals surface area contributed by atoms with Gasteiger partial charge in [-0.3, -0.25) is 19.3 Å². The SMILES string of the molecule is CC1=Nc2ccccc2/C1=C\c1c(O)n(Cc2ccc(F)cc2)c(=O)[nH]c1=O. The van der Waals surface area contributed by atoms with Crippen molar-refractivity contribution in [1.82, 2.24) is 9.55 Å². The molecular formula is C21H16FN3O3. The Hall–Kier alpha value is -3.74. The van der Waals surface area contributed by atoms with Gasteiger partial charge < -0.3 is 5.11 Å². The Labute approximate surface area is 159 Å². The summed E-state index contributed by atoms with van der Waals surface area (Å²) in [5.41, 5.74) is 2.15. The number of aromatic amines is 1. The maximum atomic E-state index is 13.1. The van der Waals surface area contributed by atoms with Crippen molar-refractivity contribution in [2.24, 2.45) is 4.99 Å². The molecule has 0 fully saturated rings. The van der Waals surface area contributed by atoms with E-state index in [0.717, 1.165) is 15.8 Å². The number of benzene rings is 2. The van der Waals surface area contributed by atoms with Gasteiger partial charge in [0, 0.05) is 16.8 Å². The lowest BCUT2D eigenvalue weighted by atomic mass is 10.0. The van der Waals surface area contributed by atoms with E-state index in [0.29, 0.717) is 16.8 Å². The number of allylic oxidation sites excluding steroid dienone is 1. The van der Waals surface area contributed by atoms with Crippen molar-refractivity contribution >= 4 is 23.0 Å². The molecule has 2 heterocycles. The zero-order valence-corrected chi connectivity index (χ0v) is 14.9. The molecule has 2 aromatic carbocycles. The molecule has 6 nitrogen and oxygen atoms in total. The van der Waals surface area contributed by atoms with Crippen LogP contribution in [0.5, 0.6) is 5.88 Å². The van der Waals surface area contributed by atoms with Gasteiger partial charge in [0.05, 0.1) is 12.2 Å². The van der Waals surface area contributed by atoms with E-state index >= 15 is 0 Å². The number of aromatic hydroxyl groups is 1. The first kappa shape index (κ1) is 17.7. The zero-order valence-electron chi connectivity index (χ0n) is 14.9. The first-order valence-electron chi connectivity index (χ1n) is 8.61. The normalized spacial score (nSPS) is 14.2. The van der Waals surface area contributed by atoms with Gasteiger partial charge in [0.2, 0.25) is 5.88 Å². The van der Waals surface area contributed by atoms with Crippen LogP contribution < -0.4 is 11.2 Å². The number of rotatable bonds is 3. The molecule has 2 N–H and O–H groups in total. The average molecular weight is 377 g/mol. The lowest BCUT2D eigenvalue weighted by Gasteiger charge is -2.11. The molecule has 1 aliphatic heterocycles. The molecule has 28 heavy (non-hydrogen) atoms. The van der Waals surface area contributed by atoms with Gasteiger partial charge in [0.15, 0.2) is 0 Å². The van der Waals surface area contributed by atoms with Crippen molar-refractivity contribution in [2.45, 2.75) is 13.5 Å². The first-order chi connectivity index (χ1) is 13.4. The van der Waals surface area contributed by atoms with Crippen molar-refractivity contribution in [1.29, 1.82) is 0 Å². The third kappa shape index (κ3) is 3.07. The lowest BCUT2D eigenvalue weighted by Crippen LogP contribution is -2.31. The zero-order chi connectivity index (χ0) is 19.8. The van der Waals surface area contributed by atoms with Crippen molar-refractivity contribution < 1.29 is 9.50 Å². The smallest absolute Gasteiger partial charge is 0.331 e. The minimum Gasteiger partial charge on any atom is -0.494 e. The highest BCUT2D eigenvalue weighted by Crippen LogP contribution is 2.35. The maximum Gasteiger partial charge on any atom is 0.331 e. The highest BCUT2D eigenvalue weighted by Gasteiger charge is 2.20. The van der Waals surface area contributed by atoms with Crippen molar-refractivity contribution in [3.63, 3.8) is 0 Å². The Bertz CT molecular complexity index is 1250. The van der Waals surface area contributed by atoms with Crippen LogP contribution in [0.3, 0.4) is 0 Å². The highest BCUT2D eigenvalue weighted by molar-refractivity contribution is 6.31. The van der Waals surface area contributed by atoms with Gasteiger partial charge in [-0.25, -0.2) is 9.18 Å². The van der Waals surface area contributed by atoms with Gasteiger partial charge in [-0.15, -0.1) is 0 Å². The number of hydrogen-bond donors (Lipinski definition) is 2. The third-order valence-corrected chi connectivity index (χ3v) is 4.62. The molecule has 0 unspecified atom stereocenters. The van der Waals surface area contributed by atoms with E-state index < -0.39 is 22.9 Å². The van der Waals surface area contributed by atoms with Crippen LogP contribution in [0.15, 0.2) is 63.1 Å². The molecule has 0 radical (unpaired) electrons. The van der Waals surface area contributed by atoms with E-state index in [2.05, 4.69) is 9.98 Å². The number of H-pyrrole nitrogens is 1. The Morgan fingerprint density at radius 1 is 1.14 bits per heavy atom. The van der Waals surface area contributed by atoms with Crippen molar-refractivity contribution in [3.05, 3.63) is 91.9 Å². The molecule has 1 aromatic heterocycles. The molecule has 0 spiro atoms. The fourth-order valence-corrected chi connectivity index (χ4v) is 3.19. The summed E-state index contributed by atoms with van der Waals surface area (Å²) in [5, 5.41) is 10.6. The summed E-state index contributed by atoms with van der Waals surface area (Å²) in [4.78, 5) is 31.2. The summed E-state index contributed by atoms with van der Waals surface area (Å²) in [6.45, 7) is 1.80. The fourth-order valence-electron chi connectivity index (χ4n) is 3.19. The molecule has 0 aliphatic carbocycles. The molecule has 7 heteroatoms. The van der Waals surface area contributed by atoms with Gasteiger partial charge in [-0.05, 0) is 36.8 Å².